The fourth-order valence-electron chi connectivity index (χ4n) is 3.67. The predicted molar refractivity (Wildman–Crippen MR) is 102 cm³/mol. The van der Waals surface area contributed by atoms with Crippen molar-refractivity contribution in [3.05, 3.63) is 46.9 Å². The van der Waals surface area contributed by atoms with Gasteiger partial charge in [-0.25, -0.2) is 18.7 Å². The zero-order chi connectivity index (χ0) is 19.7. The molecule has 1 saturated carbocycles. The van der Waals surface area contributed by atoms with E-state index < -0.39 is 11.6 Å². The summed E-state index contributed by atoms with van der Waals surface area (Å²) in [4.78, 5) is 11.2. The summed E-state index contributed by atoms with van der Waals surface area (Å²) < 4.78 is 37.8. The molecule has 150 valence electrons. The van der Waals surface area contributed by atoms with Gasteiger partial charge >= 0.3 is 0 Å². The van der Waals surface area contributed by atoms with Crippen LogP contribution in [0.3, 0.4) is 0 Å². The number of aromatic nitrogens is 2. The SMILES string of the molecule is COCC1(c2cnc(N3CCC(Oc4ccc(F)cc4F)CC3)c(Cl)n2)CC1. The second-order valence-electron chi connectivity index (χ2n) is 7.46. The van der Waals surface area contributed by atoms with E-state index in [2.05, 4.69) is 14.9 Å². The normalized spacial score (nSPS) is 18.9. The molecule has 0 spiro atoms. The molecule has 1 aromatic carbocycles. The number of piperidine rings is 1. The Morgan fingerprint density at radius 2 is 2.00 bits per heavy atom. The van der Waals surface area contributed by atoms with Crippen molar-refractivity contribution in [1.29, 1.82) is 0 Å². The third-order valence-electron chi connectivity index (χ3n) is 5.46. The first-order valence-electron chi connectivity index (χ1n) is 9.39. The van der Waals surface area contributed by atoms with Crippen LogP contribution in [0, 0.1) is 11.6 Å². The summed E-state index contributed by atoms with van der Waals surface area (Å²) in [5, 5.41) is 0.392. The molecule has 5 nitrogen and oxygen atoms in total. The number of halogens is 3. The quantitative estimate of drug-likeness (QED) is 0.717. The maximum absolute atomic E-state index is 13.8. The first-order chi connectivity index (χ1) is 13.5. The van der Waals surface area contributed by atoms with E-state index in [1.807, 2.05) is 0 Å². The summed E-state index contributed by atoms with van der Waals surface area (Å²) in [6.45, 7) is 1.97. The molecule has 0 amide bonds. The molecule has 2 aromatic rings. The van der Waals surface area contributed by atoms with Crippen molar-refractivity contribution >= 4 is 17.4 Å². The smallest absolute Gasteiger partial charge is 0.171 e. The predicted octanol–water partition coefficient (Wildman–Crippen LogP) is 4.13. The van der Waals surface area contributed by atoms with Crippen LogP contribution in [-0.4, -0.2) is 42.9 Å². The van der Waals surface area contributed by atoms with Crippen molar-refractivity contribution < 1.29 is 18.3 Å². The van der Waals surface area contributed by atoms with Crippen LogP contribution >= 0.6 is 11.6 Å². The highest BCUT2D eigenvalue weighted by molar-refractivity contribution is 6.31. The summed E-state index contributed by atoms with van der Waals surface area (Å²) >= 11 is 6.43. The summed E-state index contributed by atoms with van der Waals surface area (Å²) in [6.07, 6.45) is 5.10. The number of ether oxygens (including phenoxy) is 2. The molecular weight excluding hydrogens is 388 g/mol. The number of anilines is 1. The monoisotopic (exact) mass is 409 g/mol. The first kappa shape index (κ1) is 19.3. The number of hydrogen-bond acceptors (Lipinski definition) is 5. The van der Waals surface area contributed by atoms with Gasteiger partial charge in [-0.2, -0.15) is 0 Å². The van der Waals surface area contributed by atoms with Gasteiger partial charge in [-0.1, -0.05) is 11.6 Å². The lowest BCUT2D eigenvalue weighted by Gasteiger charge is -2.33. The molecule has 4 rings (SSSR count). The fourth-order valence-corrected chi connectivity index (χ4v) is 3.92. The molecule has 1 aliphatic heterocycles. The minimum absolute atomic E-state index is 0.0377. The average molecular weight is 410 g/mol. The van der Waals surface area contributed by atoms with Crippen LogP contribution < -0.4 is 9.64 Å². The molecule has 0 radical (unpaired) electrons. The Balaban J connectivity index is 1.38. The molecule has 0 bridgehead atoms. The minimum Gasteiger partial charge on any atom is -0.487 e. The van der Waals surface area contributed by atoms with Gasteiger partial charge in [0, 0.05) is 44.5 Å². The highest BCUT2D eigenvalue weighted by atomic mass is 35.5. The van der Waals surface area contributed by atoms with Crippen LogP contribution in [0.4, 0.5) is 14.6 Å². The number of rotatable bonds is 6. The van der Waals surface area contributed by atoms with Gasteiger partial charge in [-0.3, -0.25) is 0 Å². The Kier molecular flexibility index (Phi) is 5.38. The Bertz CT molecular complexity index is 855. The van der Waals surface area contributed by atoms with Gasteiger partial charge in [0.05, 0.1) is 18.5 Å². The second kappa shape index (κ2) is 7.79. The third-order valence-corrected chi connectivity index (χ3v) is 5.71. The maximum atomic E-state index is 13.8. The highest BCUT2D eigenvalue weighted by Crippen LogP contribution is 2.48. The fraction of sp³-hybridized carbons (Fsp3) is 0.500. The molecule has 0 N–H and O–H groups in total. The molecule has 8 heteroatoms. The van der Waals surface area contributed by atoms with Gasteiger partial charge < -0.3 is 14.4 Å². The van der Waals surface area contributed by atoms with Crippen LogP contribution in [0.15, 0.2) is 24.4 Å². The lowest BCUT2D eigenvalue weighted by molar-refractivity contribution is 0.163. The van der Waals surface area contributed by atoms with E-state index in [9.17, 15) is 8.78 Å². The van der Waals surface area contributed by atoms with Crippen molar-refractivity contribution in [3.8, 4) is 5.75 Å². The summed E-state index contributed by atoms with van der Waals surface area (Å²) in [5.74, 6) is -0.563. The lowest BCUT2D eigenvalue weighted by Crippen LogP contribution is -2.39. The largest absolute Gasteiger partial charge is 0.487 e. The van der Waals surface area contributed by atoms with Gasteiger partial charge in [-0.15, -0.1) is 0 Å². The topological polar surface area (TPSA) is 47.5 Å². The number of hydrogen-bond donors (Lipinski definition) is 0. The second-order valence-corrected chi connectivity index (χ2v) is 7.82. The summed E-state index contributed by atoms with van der Waals surface area (Å²) in [6, 6.07) is 3.35. The highest BCUT2D eigenvalue weighted by Gasteiger charge is 2.46. The molecular formula is C20H22ClF2N3O2. The van der Waals surface area contributed by atoms with E-state index in [0.29, 0.717) is 43.5 Å². The Morgan fingerprint density at radius 3 is 2.61 bits per heavy atom. The number of methoxy groups -OCH3 is 1. The summed E-state index contributed by atoms with van der Waals surface area (Å²) in [7, 11) is 1.69. The van der Waals surface area contributed by atoms with Crippen molar-refractivity contribution in [1.82, 2.24) is 9.97 Å². The van der Waals surface area contributed by atoms with Crippen LogP contribution in [-0.2, 0) is 10.2 Å². The van der Waals surface area contributed by atoms with Gasteiger partial charge in [0.15, 0.2) is 22.5 Å². The molecule has 0 atom stereocenters. The molecule has 2 fully saturated rings. The number of benzene rings is 1. The van der Waals surface area contributed by atoms with Crippen LogP contribution in [0.5, 0.6) is 5.75 Å². The van der Waals surface area contributed by atoms with Crippen molar-refractivity contribution in [3.63, 3.8) is 0 Å². The lowest BCUT2D eigenvalue weighted by atomic mass is 10.0. The molecule has 28 heavy (non-hydrogen) atoms. The first-order valence-corrected chi connectivity index (χ1v) is 9.77. The maximum Gasteiger partial charge on any atom is 0.171 e. The van der Waals surface area contributed by atoms with Crippen LogP contribution in [0.25, 0.3) is 0 Å². The zero-order valence-corrected chi connectivity index (χ0v) is 16.4. The van der Waals surface area contributed by atoms with Gasteiger partial charge in [-0.05, 0) is 25.0 Å². The van der Waals surface area contributed by atoms with Gasteiger partial charge in [0.1, 0.15) is 11.9 Å². The molecule has 1 aromatic heterocycles. The van der Waals surface area contributed by atoms with Gasteiger partial charge in [0.2, 0.25) is 0 Å². The zero-order valence-electron chi connectivity index (χ0n) is 15.6. The van der Waals surface area contributed by atoms with E-state index in [4.69, 9.17) is 21.1 Å². The van der Waals surface area contributed by atoms with Crippen LogP contribution in [0.1, 0.15) is 31.4 Å². The van der Waals surface area contributed by atoms with E-state index in [1.165, 1.54) is 12.1 Å². The van der Waals surface area contributed by atoms with Gasteiger partial charge in [0.25, 0.3) is 0 Å². The Hall–Kier alpha value is -1.99. The van der Waals surface area contributed by atoms with E-state index in [0.717, 1.165) is 24.6 Å². The molecule has 2 aliphatic rings. The molecule has 1 saturated heterocycles. The van der Waals surface area contributed by atoms with Crippen molar-refractivity contribution in [2.45, 2.75) is 37.2 Å². The van der Waals surface area contributed by atoms with E-state index in [1.54, 1.807) is 13.3 Å². The summed E-state index contributed by atoms with van der Waals surface area (Å²) in [5.41, 5.74) is 0.845. The number of nitrogens with zero attached hydrogens (tertiary/aromatic N) is 3. The minimum atomic E-state index is -0.683. The van der Waals surface area contributed by atoms with E-state index >= 15 is 0 Å². The molecule has 2 heterocycles. The molecule has 0 unspecified atom stereocenters. The van der Waals surface area contributed by atoms with Crippen molar-refractivity contribution in [2.75, 3.05) is 31.7 Å². The molecule has 1 aliphatic carbocycles. The Labute approximate surface area is 167 Å². The van der Waals surface area contributed by atoms with Crippen molar-refractivity contribution in [2.24, 2.45) is 0 Å². The Morgan fingerprint density at radius 1 is 1.25 bits per heavy atom. The third kappa shape index (κ3) is 3.91. The van der Waals surface area contributed by atoms with E-state index in [-0.39, 0.29) is 17.3 Å². The van der Waals surface area contributed by atoms with Crippen LogP contribution in [0.2, 0.25) is 5.15 Å². The average Bonchev–Trinajstić information content (AvgIpc) is 3.46. The standard InChI is InChI=1S/C20H22ClF2N3O2/c1-27-12-20(6-7-20)17-11-24-19(18(21)25-17)26-8-4-14(5-9-26)28-16-3-2-13(22)10-15(16)23/h2-3,10-11,14H,4-9,12H2,1H3.